The molecule has 1 aliphatic carbocycles. The molecule has 5 heteroatoms. The first-order chi connectivity index (χ1) is 13.0. The van der Waals surface area contributed by atoms with E-state index in [-0.39, 0.29) is 11.9 Å². The average Bonchev–Trinajstić information content (AvgIpc) is 3.52. The molecule has 0 radical (unpaired) electrons. The Hall–Kier alpha value is -2.64. The molecule has 1 saturated carbocycles. The molecule has 138 valence electrons. The minimum atomic E-state index is -0.728. The van der Waals surface area contributed by atoms with Crippen LogP contribution in [-0.2, 0) is 12.1 Å². The number of anilines is 1. The number of halogens is 1. The fourth-order valence-corrected chi connectivity index (χ4v) is 4.19. The Morgan fingerprint density at radius 1 is 1.26 bits per heavy atom. The molecule has 0 aromatic heterocycles. The van der Waals surface area contributed by atoms with Crippen molar-refractivity contribution in [2.24, 2.45) is 5.92 Å². The Labute approximate surface area is 164 Å². The summed E-state index contributed by atoms with van der Waals surface area (Å²) in [7, 11) is 3.43. The number of carbonyl (C=O) groups excluding carboxylic acids is 1. The number of ether oxygens (including phenoxy) is 1. The fourth-order valence-electron chi connectivity index (χ4n) is 4.02. The minimum Gasteiger partial charge on any atom is -0.497 e. The molecular formula is C22H21ClN2O2. The molecule has 4 nitrogen and oxygen atoms in total. The zero-order valence-corrected chi connectivity index (χ0v) is 16.2. The molecule has 4 rings (SSSR count). The van der Waals surface area contributed by atoms with Crippen LogP contribution in [0.4, 0.5) is 10.5 Å². The summed E-state index contributed by atoms with van der Waals surface area (Å²) in [6.07, 6.45) is 8.05. The van der Waals surface area contributed by atoms with Crippen molar-refractivity contribution in [2.45, 2.75) is 24.9 Å². The van der Waals surface area contributed by atoms with Crippen LogP contribution >= 0.6 is 11.6 Å². The number of hydrogen-bond donors (Lipinski definition) is 0. The van der Waals surface area contributed by atoms with Crippen LogP contribution in [0, 0.1) is 18.3 Å². The van der Waals surface area contributed by atoms with Crippen LogP contribution in [0.15, 0.2) is 42.5 Å². The predicted octanol–water partition coefficient (Wildman–Crippen LogP) is 4.66. The number of carbonyl (C=O) groups is 1. The topological polar surface area (TPSA) is 32.8 Å². The third kappa shape index (κ3) is 2.74. The number of amides is 2. The lowest BCUT2D eigenvalue weighted by atomic mass is 9.81. The number of fused-ring (bicyclic) bond motifs is 1. The molecule has 2 amide bonds. The van der Waals surface area contributed by atoms with Gasteiger partial charge in [-0.1, -0.05) is 29.7 Å². The summed E-state index contributed by atoms with van der Waals surface area (Å²) in [6, 6.07) is 13.3. The van der Waals surface area contributed by atoms with E-state index in [0.29, 0.717) is 11.6 Å². The van der Waals surface area contributed by atoms with Crippen molar-refractivity contribution in [3.63, 3.8) is 0 Å². The van der Waals surface area contributed by atoms with Crippen LogP contribution in [0.3, 0.4) is 0 Å². The number of rotatable bonds is 4. The van der Waals surface area contributed by atoms with Crippen molar-refractivity contribution in [2.75, 3.05) is 19.1 Å². The lowest BCUT2D eigenvalue weighted by molar-refractivity contribution is 0.152. The average molecular weight is 381 g/mol. The number of urea groups is 1. The van der Waals surface area contributed by atoms with Crippen LogP contribution in [0.2, 0.25) is 5.02 Å². The molecule has 2 aliphatic rings. The summed E-state index contributed by atoms with van der Waals surface area (Å²) < 4.78 is 5.22. The van der Waals surface area contributed by atoms with Crippen molar-refractivity contribution in [1.29, 1.82) is 0 Å². The SMILES string of the molecule is C#CC1(C2CC2)c2cc(Cl)ccc2N(Cc2ccc(OC)cc2)C(=O)N1C. The van der Waals surface area contributed by atoms with Gasteiger partial charge >= 0.3 is 6.03 Å². The zero-order chi connectivity index (χ0) is 19.2. The van der Waals surface area contributed by atoms with Gasteiger partial charge in [0.2, 0.25) is 0 Å². The highest BCUT2D eigenvalue weighted by Gasteiger charge is 2.55. The maximum atomic E-state index is 13.3. The van der Waals surface area contributed by atoms with Gasteiger partial charge in [-0.2, -0.15) is 0 Å². The monoisotopic (exact) mass is 380 g/mol. The van der Waals surface area contributed by atoms with Gasteiger partial charge in [0.15, 0.2) is 0 Å². The van der Waals surface area contributed by atoms with Gasteiger partial charge in [0.1, 0.15) is 11.3 Å². The molecule has 0 N–H and O–H groups in total. The number of benzene rings is 2. The van der Waals surface area contributed by atoms with E-state index < -0.39 is 5.54 Å². The van der Waals surface area contributed by atoms with Crippen molar-refractivity contribution in [3.05, 3.63) is 58.6 Å². The summed E-state index contributed by atoms with van der Waals surface area (Å²) in [5.74, 6) is 4.01. The van der Waals surface area contributed by atoms with Gasteiger partial charge in [0.25, 0.3) is 0 Å². The molecule has 1 fully saturated rings. The highest BCUT2D eigenvalue weighted by Crippen LogP contribution is 2.54. The van der Waals surface area contributed by atoms with Crippen molar-refractivity contribution in [1.82, 2.24) is 4.90 Å². The third-order valence-electron chi connectivity index (χ3n) is 5.59. The fraction of sp³-hybridized carbons (Fsp3) is 0.318. The van der Waals surface area contributed by atoms with E-state index in [1.807, 2.05) is 42.5 Å². The molecule has 2 aromatic carbocycles. The summed E-state index contributed by atoms with van der Waals surface area (Å²) in [4.78, 5) is 16.8. The standard InChI is InChI=1S/C22H21ClN2O2/c1-4-22(16-7-8-16)19-13-17(23)9-12-20(19)25(21(26)24(22)2)14-15-5-10-18(27-3)11-6-15/h1,5-6,9-13,16H,7-8,14H2,2-3H3. The van der Waals surface area contributed by atoms with Gasteiger partial charge in [-0.15, -0.1) is 6.42 Å². The van der Waals surface area contributed by atoms with E-state index in [0.717, 1.165) is 35.4 Å². The molecule has 27 heavy (non-hydrogen) atoms. The smallest absolute Gasteiger partial charge is 0.326 e. The van der Waals surface area contributed by atoms with Gasteiger partial charge in [-0.3, -0.25) is 4.90 Å². The summed E-state index contributed by atoms with van der Waals surface area (Å²) in [5, 5.41) is 0.626. The van der Waals surface area contributed by atoms with E-state index in [4.69, 9.17) is 22.8 Å². The molecular weight excluding hydrogens is 360 g/mol. The molecule has 0 saturated heterocycles. The van der Waals surface area contributed by atoms with Crippen molar-refractivity contribution < 1.29 is 9.53 Å². The third-order valence-corrected chi connectivity index (χ3v) is 5.83. The van der Waals surface area contributed by atoms with Gasteiger partial charge in [-0.25, -0.2) is 4.79 Å². The first-order valence-corrected chi connectivity index (χ1v) is 9.35. The minimum absolute atomic E-state index is 0.0921. The first-order valence-electron chi connectivity index (χ1n) is 8.97. The van der Waals surface area contributed by atoms with Crippen LogP contribution < -0.4 is 9.64 Å². The number of methoxy groups -OCH3 is 1. The van der Waals surface area contributed by atoms with Gasteiger partial charge in [-0.05, 0) is 54.7 Å². The van der Waals surface area contributed by atoms with E-state index >= 15 is 0 Å². The second kappa shape index (κ2) is 6.51. The largest absolute Gasteiger partial charge is 0.497 e. The van der Waals surface area contributed by atoms with E-state index in [1.54, 1.807) is 24.0 Å². The Bertz CT molecular complexity index is 930. The molecule has 0 spiro atoms. The Balaban J connectivity index is 1.80. The molecule has 0 bridgehead atoms. The van der Waals surface area contributed by atoms with Crippen LogP contribution in [0.5, 0.6) is 5.75 Å². The molecule has 1 heterocycles. The quantitative estimate of drug-likeness (QED) is 0.723. The van der Waals surface area contributed by atoms with E-state index in [1.165, 1.54) is 0 Å². The maximum Gasteiger partial charge on any atom is 0.326 e. The van der Waals surface area contributed by atoms with E-state index in [9.17, 15) is 4.79 Å². The normalized spacial score (nSPS) is 21.6. The Morgan fingerprint density at radius 3 is 2.56 bits per heavy atom. The predicted molar refractivity (Wildman–Crippen MR) is 107 cm³/mol. The van der Waals surface area contributed by atoms with Gasteiger partial charge in [0.05, 0.1) is 19.3 Å². The number of hydrogen-bond acceptors (Lipinski definition) is 2. The Kier molecular flexibility index (Phi) is 4.28. The second-order valence-corrected chi connectivity index (χ2v) is 7.56. The lowest BCUT2D eigenvalue weighted by Gasteiger charge is -2.47. The molecule has 2 aromatic rings. The summed E-state index contributed by atoms with van der Waals surface area (Å²) in [5.41, 5.74) is 2.06. The summed E-state index contributed by atoms with van der Waals surface area (Å²) in [6.45, 7) is 0.452. The first kappa shape index (κ1) is 17.8. The number of terminal acetylenes is 1. The lowest BCUT2D eigenvalue weighted by Crippen LogP contribution is -2.57. The Morgan fingerprint density at radius 2 is 1.96 bits per heavy atom. The number of nitrogens with zero attached hydrogens (tertiary/aromatic N) is 2. The zero-order valence-electron chi connectivity index (χ0n) is 15.4. The highest BCUT2D eigenvalue weighted by molar-refractivity contribution is 6.30. The van der Waals surface area contributed by atoms with Crippen molar-refractivity contribution >= 4 is 23.3 Å². The van der Waals surface area contributed by atoms with Gasteiger partial charge in [0, 0.05) is 17.6 Å². The van der Waals surface area contributed by atoms with Crippen molar-refractivity contribution in [3.8, 4) is 18.1 Å². The highest BCUT2D eigenvalue weighted by atomic mass is 35.5. The molecule has 1 atom stereocenters. The molecule has 1 unspecified atom stereocenters. The van der Waals surface area contributed by atoms with Crippen LogP contribution in [-0.4, -0.2) is 25.1 Å². The summed E-state index contributed by atoms with van der Waals surface area (Å²) >= 11 is 6.31. The van der Waals surface area contributed by atoms with E-state index in [2.05, 4.69) is 5.92 Å². The van der Waals surface area contributed by atoms with Crippen LogP contribution in [0.1, 0.15) is 24.0 Å². The molecule has 1 aliphatic heterocycles. The van der Waals surface area contributed by atoms with Crippen LogP contribution in [0.25, 0.3) is 0 Å². The van der Waals surface area contributed by atoms with Gasteiger partial charge < -0.3 is 9.64 Å². The second-order valence-electron chi connectivity index (χ2n) is 7.12. The maximum absolute atomic E-state index is 13.3.